The van der Waals surface area contributed by atoms with Gasteiger partial charge in [-0.2, -0.15) is 4.98 Å². The molecule has 2 aromatic carbocycles. The molecule has 0 fully saturated rings. The van der Waals surface area contributed by atoms with E-state index in [4.69, 9.17) is 10.3 Å². The molecule has 4 aromatic rings. The number of aromatic nitrogens is 5. The van der Waals surface area contributed by atoms with Crippen molar-refractivity contribution in [2.75, 3.05) is 11.1 Å². The summed E-state index contributed by atoms with van der Waals surface area (Å²) in [5, 5.41) is 14.4. The number of rotatable bonds is 5. The van der Waals surface area contributed by atoms with Gasteiger partial charge in [0.05, 0.1) is 0 Å². The van der Waals surface area contributed by atoms with E-state index in [1.165, 1.54) is 28.9 Å². The number of aryl methyl sites for hydroxylation is 1. The molecule has 2 heterocycles. The van der Waals surface area contributed by atoms with Crippen LogP contribution in [0.3, 0.4) is 0 Å². The van der Waals surface area contributed by atoms with Gasteiger partial charge in [0.15, 0.2) is 11.5 Å². The van der Waals surface area contributed by atoms with Gasteiger partial charge in [-0.25, -0.2) is 9.07 Å². The maximum absolute atomic E-state index is 13.1. The summed E-state index contributed by atoms with van der Waals surface area (Å²) >= 11 is 0. The number of anilines is 2. The molecule has 4 rings (SSSR count). The highest BCUT2D eigenvalue weighted by Gasteiger charge is 2.20. The number of hydrogen-bond donors (Lipinski definition) is 2. The average molecular weight is 393 g/mol. The molecular weight excluding hydrogens is 377 g/mol. The van der Waals surface area contributed by atoms with E-state index < -0.39 is 0 Å². The van der Waals surface area contributed by atoms with E-state index in [-0.39, 0.29) is 41.5 Å². The van der Waals surface area contributed by atoms with E-state index in [2.05, 4.69) is 25.8 Å². The topological polar surface area (TPSA) is 125 Å². The van der Waals surface area contributed by atoms with Gasteiger partial charge in [-0.05, 0) is 43.3 Å². The van der Waals surface area contributed by atoms with Gasteiger partial charge in [0.2, 0.25) is 11.7 Å². The summed E-state index contributed by atoms with van der Waals surface area (Å²) < 4.78 is 19.5. The third-order valence-corrected chi connectivity index (χ3v) is 4.13. The van der Waals surface area contributed by atoms with E-state index in [1.54, 1.807) is 12.1 Å². The first kappa shape index (κ1) is 18.3. The quantitative estimate of drug-likeness (QED) is 0.534. The largest absolute Gasteiger partial charge is 0.382 e. The van der Waals surface area contributed by atoms with Gasteiger partial charge in [0.25, 0.3) is 5.89 Å². The van der Waals surface area contributed by atoms with Gasteiger partial charge in [-0.3, -0.25) is 4.79 Å². The number of carbonyl (C=O) groups excluding carboxylic acids is 1. The van der Waals surface area contributed by atoms with Crippen LogP contribution in [0.15, 0.2) is 53.1 Å². The molecule has 0 bridgehead atoms. The number of nitrogens with one attached hydrogen (secondary N) is 1. The second-order valence-corrected chi connectivity index (χ2v) is 6.33. The fraction of sp³-hybridized carbons (Fsp3) is 0.105. The van der Waals surface area contributed by atoms with Crippen LogP contribution in [0.1, 0.15) is 5.56 Å². The molecule has 10 heteroatoms. The van der Waals surface area contributed by atoms with Gasteiger partial charge in [-0.1, -0.05) is 28.1 Å². The lowest BCUT2D eigenvalue weighted by molar-refractivity contribution is -0.116. The fourth-order valence-corrected chi connectivity index (χ4v) is 2.60. The lowest BCUT2D eigenvalue weighted by atomic mass is 10.2. The number of nitrogens with two attached hydrogens (primary N) is 1. The van der Waals surface area contributed by atoms with E-state index >= 15 is 0 Å². The number of halogens is 1. The van der Waals surface area contributed by atoms with Crippen LogP contribution in [0.4, 0.5) is 15.9 Å². The molecule has 0 aliphatic heterocycles. The minimum atomic E-state index is -0.367. The molecule has 0 saturated carbocycles. The highest BCUT2D eigenvalue weighted by Crippen LogP contribution is 2.24. The molecule has 0 spiro atoms. The lowest BCUT2D eigenvalue weighted by Gasteiger charge is -2.06. The summed E-state index contributed by atoms with van der Waals surface area (Å²) in [5.74, 6) is -0.264. The number of amides is 1. The first-order valence-corrected chi connectivity index (χ1v) is 8.65. The summed E-state index contributed by atoms with van der Waals surface area (Å²) in [4.78, 5) is 16.5. The predicted octanol–water partition coefficient (Wildman–Crippen LogP) is 2.66. The SMILES string of the molecule is Cc1ccc(NC(=O)Cn2nnc(-c3nc(-c4ccc(F)cc4)no3)c2N)cc1. The van der Waals surface area contributed by atoms with E-state index in [9.17, 15) is 9.18 Å². The molecular formula is C19H16FN7O2. The van der Waals surface area contributed by atoms with Crippen LogP contribution in [-0.2, 0) is 11.3 Å². The fourth-order valence-electron chi connectivity index (χ4n) is 2.60. The Morgan fingerprint density at radius 1 is 1.17 bits per heavy atom. The second-order valence-electron chi connectivity index (χ2n) is 6.33. The van der Waals surface area contributed by atoms with Crippen molar-refractivity contribution < 1.29 is 13.7 Å². The lowest BCUT2D eigenvalue weighted by Crippen LogP contribution is -2.20. The van der Waals surface area contributed by atoms with Crippen LogP contribution in [0, 0.1) is 12.7 Å². The summed E-state index contributed by atoms with van der Waals surface area (Å²) in [5.41, 5.74) is 8.54. The number of benzene rings is 2. The first-order valence-electron chi connectivity index (χ1n) is 8.65. The van der Waals surface area contributed by atoms with Crippen molar-refractivity contribution in [2.45, 2.75) is 13.5 Å². The molecule has 0 atom stereocenters. The molecule has 1 amide bonds. The average Bonchev–Trinajstić information content (AvgIpc) is 3.32. The number of nitrogen functional groups attached to an aromatic ring is 1. The van der Waals surface area contributed by atoms with Crippen LogP contribution in [0.5, 0.6) is 0 Å². The van der Waals surface area contributed by atoms with Gasteiger partial charge in [0, 0.05) is 11.3 Å². The Labute approximate surface area is 164 Å². The summed E-state index contributed by atoms with van der Waals surface area (Å²) in [6.07, 6.45) is 0. The maximum Gasteiger partial charge on any atom is 0.282 e. The third kappa shape index (κ3) is 3.95. The molecule has 0 radical (unpaired) electrons. The molecule has 9 nitrogen and oxygen atoms in total. The van der Waals surface area contributed by atoms with E-state index in [1.807, 2.05) is 19.1 Å². The van der Waals surface area contributed by atoms with Crippen LogP contribution in [0.2, 0.25) is 0 Å². The van der Waals surface area contributed by atoms with E-state index in [0.29, 0.717) is 11.3 Å². The summed E-state index contributed by atoms with van der Waals surface area (Å²) in [7, 11) is 0. The van der Waals surface area contributed by atoms with Crippen LogP contribution in [0.25, 0.3) is 23.0 Å². The molecule has 29 heavy (non-hydrogen) atoms. The van der Waals surface area contributed by atoms with Gasteiger partial charge < -0.3 is 15.6 Å². The van der Waals surface area contributed by atoms with Crippen molar-refractivity contribution in [2.24, 2.45) is 0 Å². The number of nitrogens with zero attached hydrogens (tertiary/aromatic N) is 5. The maximum atomic E-state index is 13.1. The van der Waals surface area contributed by atoms with Crippen LogP contribution < -0.4 is 11.1 Å². The monoisotopic (exact) mass is 393 g/mol. The van der Waals surface area contributed by atoms with Crippen molar-refractivity contribution in [3.8, 4) is 23.0 Å². The molecule has 2 aromatic heterocycles. The van der Waals surface area contributed by atoms with Crippen molar-refractivity contribution in [3.05, 3.63) is 59.9 Å². The summed E-state index contributed by atoms with van der Waals surface area (Å²) in [6, 6.07) is 13.0. The van der Waals surface area contributed by atoms with Gasteiger partial charge in [-0.15, -0.1) is 5.10 Å². The van der Waals surface area contributed by atoms with E-state index in [0.717, 1.165) is 5.56 Å². The van der Waals surface area contributed by atoms with Crippen molar-refractivity contribution in [1.82, 2.24) is 25.1 Å². The zero-order valence-corrected chi connectivity index (χ0v) is 15.3. The van der Waals surface area contributed by atoms with Crippen molar-refractivity contribution in [1.29, 1.82) is 0 Å². The Balaban J connectivity index is 1.49. The standard InChI is InChI=1S/C19H16FN7O2/c1-11-2-8-14(9-3-11)22-15(28)10-27-17(21)16(24-26-27)19-23-18(25-29-19)12-4-6-13(20)7-5-12/h2-9H,10,21H2,1H3,(H,22,28). The third-order valence-electron chi connectivity index (χ3n) is 4.13. The number of hydrogen-bond acceptors (Lipinski definition) is 7. The van der Waals surface area contributed by atoms with Gasteiger partial charge in [0.1, 0.15) is 12.4 Å². The molecule has 0 unspecified atom stereocenters. The smallest absolute Gasteiger partial charge is 0.282 e. The summed E-state index contributed by atoms with van der Waals surface area (Å²) in [6.45, 7) is 1.83. The van der Waals surface area contributed by atoms with Crippen LogP contribution >= 0.6 is 0 Å². The predicted molar refractivity (Wildman–Crippen MR) is 103 cm³/mol. The zero-order chi connectivity index (χ0) is 20.4. The Morgan fingerprint density at radius 2 is 1.90 bits per heavy atom. The minimum absolute atomic E-state index is 0.0482. The molecule has 0 aliphatic carbocycles. The zero-order valence-electron chi connectivity index (χ0n) is 15.3. The second kappa shape index (κ2) is 7.50. The van der Waals surface area contributed by atoms with Gasteiger partial charge >= 0.3 is 0 Å². The molecule has 3 N–H and O–H groups in total. The Bertz CT molecular complexity index is 1150. The Hall–Kier alpha value is -4.08. The number of carbonyl (C=O) groups is 1. The highest BCUT2D eigenvalue weighted by molar-refractivity contribution is 5.90. The van der Waals surface area contributed by atoms with Crippen LogP contribution in [-0.4, -0.2) is 31.0 Å². The molecule has 0 aliphatic rings. The molecule has 0 saturated heterocycles. The Kier molecular flexibility index (Phi) is 4.73. The Morgan fingerprint density at radius 3 is 2.62 bits per heavy atom. The normalized spacial score (nSPS) is 10.8. The van der Waals surface area contributed by atoms with Crippen molar-refractivity contribution in [3.63, 3.8) is 0 Å². The first-order chi connectivity index (χ1) is 14.0. The van der Waals surface area contributed by atoms with Crippen molar-refractivity contribution >= 4 is 17.4 Å². The highest BCUT2D eigenvalue weighted by atomic mass is 19.1. The molecule has 146 valence electrons. The minimum Gasteiger partial charge on any atom is -0.382 e.